The third-order valence-electron chi connectivity index (χ3n) is 9.29. The zero-order valence-corrected chi connectivity index (χ0v) is 29.9. The van der Waals surface area contributed by atoms with Crippen LogP contribution in [0.4, 0.5) is 0 Å². The van der Waals surface area contributed by atoms with Crippen molar-refractivity contribution in [2.75, 3.05) is 45.9 Å². The van der Waals surface area contributed by atoms with Crippen LogP contribution in [0.3, 0.4) is 0 Å². The van der Waals surface area contributed by atoms with Crippen molar-refractivity contribution < 1.29 is 14.2 Å². The number of hydrogen-bond donors (Lipinski definition) is 0. The Bertz CT molecular complexity index is 1580. The molecule has 0 radical (unpaired) electrons. The molecular weight excluding hydrogens is 584 g/mol. The van der Waals surface area contributed by atoms with Crippen molar-refractivity contribution in [3.05, 3.63) is 65.7 Å². The predicted molar refractivity (Wildman–Crippen MR) is 194 cm³/mol. The highest BCUT2D eigenvalue weighted by molar-refractivity contribution is 5.88. The Kier molecular flexibility index (Phi) is 11.9. The first-order valence-corrected chi connectivity index (χ1v) is 17.9. The molecule has 1 aliphatic rings. The lowest BCUT2D eigenvalue weighted by atomic mass is 9.87. The van der Waals surface area contributed by atoms with Gasteiger partial charge in [-0.15, -0.1) is 0 Å². The first-order valence-electron chi connectivity index (χ1n) is 17.9. The Labute approximate surface area is 282 Å². The summed E-state index contributed by atoms with van der Waals surface area (Å²) in [5, 5.41) is 0. The zero-order valence-electron chi connectivity index (χ0n) is 29.9. The van der Waals surface area contributed by atoms with Gasteiger partial charge in [0.05, 0.1) is 18.7 Å². The van der Waals surface area contributed by atoms with E-state index >= 15 is 0 Å². The minimum absolute atomic E-state index is 0.0893. The highest BCUT2D eigenvalue weighted by Gasteiger charge is 2.21. The average molecular weight is 641 g/mol. The number of aryl methyl sites for hydroxylation is 1. The highest BCUT2D eigenvalue weighted by atomic mass is 16.5. The Balaban J connectivity index is 1.54. The monoisotopic (exact) mass is 640 g/mol. The topological polar surface area (TPSA) is 52.0 Å². The van der Waals surface area contributed by atoms with Crippen LogP contribution in [-0.2, 0) is 18.5 Å². The second-order valence-corrected chi connectivity index (χ2v) is 13.7. The molecular formula is C40H56N4O3. The number of rotatable bonds is 13. The second-order valence-electron chi connectivity index (χ2n) is 13.7. The van der Waals surface area contributed by atoms with Gasteiger partial charge in [0.2, 0.25) is 0 Å². The van der Waals surface area contributed by atoms with E-state index < -0.39 is 0 Å². The molecule has 0 spiro atoms. The Morgan fingerprint density at radius 2 is 1.70 bits per heavy atom. The normalized spacial score (nSPS) is 14.1. The number of imidazole rings is 1. The summed E-state index contributed by atoms with van der Waals surface area (Å²) in [6, 6.07) is 19.2. The van der Waals surface area contributed by atoms with Gasteiger partial charge in [0.15, 0.2) is 5.75 Å². The molecule has 254 valence electrons. The van der Waals surface area contributed by atoms with Crippen LogP contribution >= 0.6 is 0 Å². The second kappa shape index (κ2) is 16.0. The number of fused-ring (bicyclic) bond motifs is 4. The fourth-order valence-corrected chi connectivity index (χ4v) is 6.31. The van der Waals surface area contributed by atoms with E-state index in [1.807, 2.05) is 6.07 Å². The van der Waals surface area contributed by atoms with Gasteiger partial charge in [-0.3, -0.25) is 4.90 Å². The van der Waals surface area contributed by atoms with Crippen molar-refractivity contribution in [2.24, 2.45) is 0 Å². The summed E-state index contributed by atoms with van der Waals surface area (Å²) in [4.78, 5) is 10.2. The van der Waals surface area contributed by atoms with Gasteiger partial charge in [0.1, 0.15) is 28.6 Å². The average Bonchev–Trinajstić information content (AvgIpc) is 3.43. The van der Waals surface area contributed by atoms with Crippen molar-refractivity contribution in [1.82, 2.24) is 19.4 Å². The molecule has 0 saturated carbocycles. The largest absolute Gasteiger partial charge is 0.493 e. The van der Waals surface area contributed by atoms with Gasteiger partial charge in [0, 0.05) is 49.4 Å². The summed E-state index contributed by atoms with van der Waals surface area (Å²) in [5.41, 5.74) is 5.61. The van der Waals surface area contributed by atoms with Crippen molar-refractivity contribution in [2.45, 2.75) is 92.7 Å². The predicted octanol–water partition coefficient (Wildman–Crippen LogP) is 9.31. The third kappa shape index (κ3) is 8.68. The van der Waals surface area contributed by atoms with Crippen LogP contribution in [-0.4, -0.2) is 65.3 Å². The number of benzene rings is 3. The fourth-order valence-electron chi connectivity index (χ4n) is 6.31. The van der Waals surface area contributed by atoms with Crippen LogP contribution < -0.4 is 14.2 Å². The molecule has 4 bridgehead atoms. The molecule has 0 aliphatic carbocycles. The van der Waals surface area contributed by atoms with E-state index in [1.54, 1.807) is 0 Å². The molecule has 5 rings (SSSR count). The number of nitrogens with zero attached hydrogens (tertiary/aromatic N) is 4. The lowest BCUT2D eigenvalue weighted by Crippen LogP contribution is -2.26. The molecule has 7 heteroatoms. The Morgan fingerprint density at radius 3 is 2.40 bits per heavy atom. The molecule has 1 aliphatic heterocycles. The van der Waals surface area contributed by atoms with Crippen LogP contribution in [0, 0.1) is 0 Å². The van der Waals surface area contributed by atoms with Crippen LogP contribution in [0.2, 0.25) is 0 Å². The Hall–Kier alpha value is -3.55. The zero-order chi connectivity index (χ0) is 33.4. The number of ether oxygens (including phenoxy) is 3. The molecule has 0 saturated heterocycles. The Morgan fingerprint density at radius 1 is 0.915 bits per heavy atom. The lowest BCUT2D eigenvalue weighted by Gasteiger charge is -2.23. The minimum atomic E-state index is 0.0893. The molecule has 0 unspecified atom stereocenters. The van der Waals surface area contributed by atoms with Gasteiger partial charge in [-0.25, -0.2) is 4.98 Å². The van der Waals surface area contributed by atoms with Crippen LogP contribution in [0.1, 0.15) is 85.3 Å². The maximum absolute atomic E-state index is 6.51. The minimum Gasteiger partial charge on any atom is -0.493 e. The summed E-state index contributed by atoms with van der Waals surface area (Å²) < 4.78 is 21.8. The van der Waals surface area contributed by atoms with E-state index in [9.17, 15) is 0 Å². The highest BCUT2D eigenvalue weighted by Crippen LogP contribution is 2.38. The van der Waals surface area contributed by atoms with Gasteiger partial charge in [-0.05, 0) is 80.2 Å². The molecule has 0 atom stereocenters. The number of hydrogen-bond acceptors (Lipinski definition) is 6. The maximum Gasteiger partial charge on any atom is 0.150 e. The molecule has 7 nitrogen and oxygen atoms in total. The van der Waals surface area contributed by atoms with E-state index in [4.69, 9.17) is 19.2 Å². The van der Waals surface area contributed by atoms with Gasteiger partial charge in [-0.2, -0.15) is 0 Å². The smallest absolute Gasteiger partial charge is 0.150 e. The molecule has 4 aromatic rings. The third-order valence-corrected chi connectivity index (χ3v) is 9.29. The van der Waals surface area contributed by atoms with E-state index in [1.165, 1.54) is 11.1 Å². The van der Waals surface area contributed by atoms with Gasteiger partial charge < -0.3 is 23.7 Å². The molecule has 2 heterocycles. The van der Waals surface area contributed by atoms with Crippen LogP contribution in [0.5, 0.6) is 23.0 Å². The van der Waals surface area contributed by atoms with Gasteiger partial charge >= 0.3 is 0 Å². The van der Waals surface area contributed by atoms with E-state index in [-0.39, 0.29) is 5.41 Å². The fraction of sp³-hybridized carbons (Fsp3) is 0.525. The van der Waals surface area contributed by atoms with Crippen molar-refractivity contribution in [3.8, 4) is 34.4 Å². The maximum atomic E-state index is 6.51. The standard InChI is InChI=1S/C40H56N4O3/c1-8-12-23-44-35-27-34(47-33-18-16-32(17-19-33)40(5,6)7)28-37-38(35)41-39(44)30-15-20-36(45-24-13-21-42(9-2)10-3)31(26-30)29-43(11-4)22-14-25-46-37/h15-20,26-28H,8-14,21-25,29H2,1-7H3. The molecule has 0 fully saturated rings. The van der Waals surface area contributed by atoms with Crippen molar-refractivity contribution in [3.63, 3.8) is 0 Å². The first-order chi connectivity index (χ1) is 22.7. The molecule has 47 heavy (non-hydrogen) atoms. The van der Waals surface area contributed by atoms with E-state index in [2.05, 4.69) is 111 Å². The summed E-state index contributed by atoms with van der Waals surface area (Å²) in [6.07, 6.45) is 4.07. The summed E-state index contributed by atoms with van der Waals surface area (Å²) in [5.74, 6) is 4.28. The van der Waals surface area contributed by atoms with Crippen LogP contribution in [0.15, 0.2) is 54.6 Å². The molecule has 1 aromatic heterocycles. The molecule has 0 amide bonds. The quantitative estimate of drug-likeness (QED) is 0.136. The van der Waals surface area contributed by atoms with E-state index in [0.29, 0.717) is 13.2 Å². The number of aromatic nitrogens is 2. The summed E-state index contributed by atoms with van der Waals surface area (Å²) in [7, 11) is 0. The summed E-state index contributed by atoms with van der Waals surface area (Å²) in [6.45, 7) is 23.7. The SMILES string of the molecule is CCCCn1c2nc3c(cc(Oc4ccc(C(C)(C)C)cc4)cc31)OCCCN(CC)Cc1cc-2ccc1OCCCN(CC)CC. The molecule has 3 aromatic carbocycles. The van der Waals surface area contributed by atoms with Gasteiger partial charge in [-0.1, -0.05) is 67.0 Å². The summed E-state index contributed by atoms with van der Waals surface area (Å²) >= 11 is 0. The first kappa shape index (κ1) is 34.8. The van der Waals surface area contributed by atoms with Crippen LogP contribution in [0.25, 0.3) is 22.4 Å². The van der Waals surface area contributed by atoms with Crippen molar-refractivity contribution in [1.29, 1.82) is 0 Å². The van der Waals surface area contributed by atoms with Crippen molar-refractivity contribution >= 4 is 11.0 Å². The van der Waals surface area contributed by atoms with E-state index in [0.717, 1.165) is 117 Å². The van der Waals surface area contributed by atoms with Gasteiger partial charge in [0.25, 0.3) is 0 Å². The number of unbranched alkanes of at least 4 members (excludes halogenated alkanes) is 1. The molecule has 0 N–H and O–H groups in total. The lowest BCUT2D eigenvalue weighted by molar-refractivity contribution is 0.227.